The molecular weight excluding hydrogens is 138 g/mol. The Morgan fingerprint density at radius 1 is 1.78 bits per heavy atom. The molecule has 0 saturated heterocycles. The van der Waals surface area contributed by atoms with Crippen LogP contribution < -0.4 is 5.32 Å². The van der Waals surface area contributed by atoms with Gasteiger partial charge in [0.15, 0.2) is 0 Å². The second-order valence-corrected chi connectivity index (χ2v) is 2.85. The first-order valence-corrected chi connectivity index (χ1v) is 3.42. The monoisotopic (exact) mass is 147 g/mol. The normalized spacial score (nSPS) is 12.2. The maximum Gasteiger partial charge on any atom is 0.279 e. The van der Waals surface area contributed by atoms with E-state index in [0.29, 0.717) is 0 Å². The van der Waals surface area contributed by atoms with E-state index in [1.54, 1.807) is 6.92 Å². The fraction of sp³-hybridized carbons (Fsp3) is 0.600. The van der Waals surface area contributed by atoms with Crippen LogP contribution in [0.3, 0.4) is 0 Å². The molecule has 0 heterocycles. The number of hydrogen-bond donors (Lipinski definition) is 1. The zero-order valence-electron chi connectivity index (χ0n) is 5.38. The predicted molar refractivity (Wildman–Crippen MR) is 37.6 cm³/mol. The van der Waals surface area contributed by atoms with Crippen LogP contribution >= 0.6 is 11.8 Å². The summed E-state index contributed by atoms with van der Waals surface area (Å²) in [4.78, 5) is 20.4. The summed E-state index contributed by atoms with van der Waals surface area (Å²) in [5, 5.41) is 1.98. The van der Waals surface area contributed by atoms with Crippen LogP contribution in [-0.2, 0) is 4.79 Å². The van der Waals surface area contributed by atoms with Crippen molar-refractivity contribution in [2.75, 3.05) is 7.05 Å². The van der Waals surface area contributed by atoms with Crippen LogP contribution in [0, 0.1) is 0 Å². The summed E-state index contributed by atoms with van der Waals surface area (Å²) in [7, 11) is 1.53. The molecule has 0 aliphatic heterocycles. The fourth-order valence-corrected chi connectivity index (χ4v) is 0.767. The van der Waals surface area contributed by atoms with E-state index in [1.165, 1.54) is 7.05 Å². The van der Waals surface area contributed by atoms with E-state index in [1.807, 2.05) is 0 Å². The number of amides is 1. The van der Waals surface area contributed by atoms with E-state index < -0.39 is 0 Å². The molecule has 1 N–H and O–H groups in total. The minimum atomic E-state index is -0.245. The zero-order valence-corrected chi connectivity index (χ0v) is 6.20. The van der Waals surface area contributed by atoms with Crippen LogP contribution in [0.4, 0.5) is 4.79 Å². The van der Waals surface area contributed by atoms with Gasteiger partial charge in [0, 0.05) is 7.05 Å². The van der Waals surface area contributed by atoms with Crippen molar-refractivity contribution in [1.82, 2.24) is 5.32 Å². The van der Waals surface area contributed by atoms with Crippen molar-refractivity contribution < 1.29 is 9.59 Å². The first kappa shape index (κ1) is 8.49. The SMILES string of the molecule is CNC(=O)SC(C)C=O. The highest BCUT2D eigenvalue weighted by atomic mass is 32.2. The minimum absolute atomic E-state index is 0.172. The average Bonchev–Trinajstić information content (AvgIpc) is 1.87. The largest absolute Gasteiger partial charge is 0.350 e. The topological polar surface area (TPSA) is 46.2 Å². The summed E-state index contributed by atoms with van der Waals surface area (Å²) in [6.45, 7) is 1.67. The Balaban J connectivity index is 3.46. The van der Waals surface area contributed by atoms with Crippen LogP contribution in [0.1, 0.15) is 6.92 Å². The van der Waals surface area contributed by atoms with E-state index in [4.69, 9.17) is 0 Å². The molecule has 0 bridgehead atoms. The molecule has 1 atom stereocenters. The standard InChI is InChI=1S/C5H9NO2S/c1-4(3-7)9-5(8)6-2/h3-4H,1-2H3,(H,6,8). The summed E-state index contributed by atoms with van der Waals surface area (Å²) < 4.78 is 0. The molecule has 0 radical (unpaired) electrons. The van der Waals surface area contributed by atoms with Crippen molar-refractivity contribution >= 4 is 23.3 Å². The van der Waals surface area contributed by atoms with Gasteiger partial charge in [-0.3, -0.25) is 4.79 Å². The van der Waals surface area contributed by atoms with E-state index >= 15 is 0 Å². The van der Waals surface area contributed by atoms with Crippen molar-refractivity contribution in [3.8, 4) is 0 Å². The lowest BCUT2D eigenvalue weighted by atomic mass is 10.5. The number of hydrogen-bond acceptors (Lipinski definition) is 3. The molecule has 0 rings (SSSR count). The Kier molecular flexibility index (Phi) is 4.13. The van der Waals surface area contributed by atoms with Crippen molar-refractivity contribution in [2.45, 2.75) is 12.2 Å². The lowest BCUT2D eigenvalue weighted by Gasteiger charge is -1.98. The van der Waals surface area contributed by atoms with Crippen LogP contribution in [0.15, 0.2) is 0 Å². The highest BCUT2D eigenvalue weighted by molar-refractivity contribution is 8.14. The Hall–Kier alpha value is -0.510. The van der Waals surface area contributed by atoms with Gasteiger partial charge in [-0.1, -0.05) is 11.8 Å². The molecule has 0 aromatic heterocycles. The van der Waals surface area contributed by atoms with Gasteiger partial charge in [-0.25, -0.2) is 0 Å². The average molecular weight is 147 g/mol. The van der Waals surface area contributed by atoms with Crippen LogP contribution in [0.5, 0.6) is 0 Å². The van der Waals surface area contributed by atoms with Crippen LogP contribution in [0.2, 0.25) is 0 Å². The lowest BCUT2D eigenvalue weighted by molar-refractivity contribution is -0.107. The van der Waals surface area contributed by atoms with Crippen molar-refractivity contribution in [1.29, 1.82) is 0 Å². The molecule has 1 amide bonds. The molecule has 1 unspecified atom stereocenters. The Labute approximate surface area is 58.2 Å². The third-order valence-corrected chi connectivity index (χ3v) is 1.59. The van der Waals surface area contributed by atoms with E-state index in [2.05, 4.69) is 5.32 Å². The molecule has 0 saturated carbocycles. The quantitative estimate of drug-likeness (QED) is 0.583. The molecule has 0 fully saturated rings. The van der Waals surface area contributed by atoms with Gasteiger partial charge in [0.05, 0.1) is 5.25 Å². The van der Waals surface area contributed by atoms with E-state index in [0.717, 1.165) is 18.0 Å². The fourth-order valence-electron chi connectivity index (χ4n) is 0.256. The molecule has 4 heteroatoms. The third kappa shape index (κ3) is 4.02. The van der Waals surface area contributed by atoms with Crippen molar-refractivity contribution in [3.05, 3.63) is 0 Å². The maximum absolute atomic E-state index is 10.5. The number of aldehydes is 1. The summed E-state index contributed by atoms with van der Waals surface area (Å²) in [5.74, 6) is 0. The molecular formula is C5H9NO2S. The summed E-state index contributed by atoms with van der Waals surface area (Å²) in [5.41, 5.74) is 0. The summed E-state index contributed by atoms with van der Waals surface area (Å²) in [6, 6.07) is 0. The van der Waals surface area contributed by atoms with Gasteiger partial charge in [-0.05, 0) is 6.92 Å². The highest BCUT2D eigenvalue weighted by Crippen LogP contribution is 2.07. The predicted octanol–water partition coefficient (Wildman–Crippen LogP) is 0.646. The summed E-state index contributed by atoms with van der Waals surface area (Å²) >= 11 is 0.981. The van der Waals surface area contributed by atoms with Crippen molar-refractivity contribution in [3.63, 3.8) is 0 Å². The first-order valence-electron chi connectivity index (χ1n) is 2.54. The lowest BCUT2D eigenvalue weighted by Crippen LogP contribution is -2.15. The zero-order chi connectivity index (χ0) is 7.28. The maximum atomic E-state index is 10.5. The molecule has 0 aromatic carbocycles. The molecule has 3 nitrogen and oxygen atoms in total. The van der Waals surface area contributed by atoms with Gasteiger partial charge in [0.1, 0.15) is 6.29 Å². The van der Waals surface area contributed by atoms with E-state index in [9.17, 15) is 9.59 Å². The van der Waals surface area contributed by atoms with Gasteiger partial charge in [-0.2, -0.15) is 0 Å². The van der Waals surface area contributed by atoms with Crippen molar-refractivity contribution in [2.24, 2.45) is 0 Å². The molecule has 0 aliphatic carbocycles. The van der Waals surface area contributed by atoms with E-state index in [-0.39, 0.29) is 10.5 Å². The number of thioether (sulfide) groups is 1. The second-order valence-electron chi connectivity index (χ2n) is 1.50. The highest BCUT2D eigenvalue weighted by Gasteiger charge is 2.04. The van der Waals surface area contributed by atoms with Crippen LogP contribution in [-0.4, -0.2) is 23.8 Å². The molecule has 9 heavy (non-hydrogen) atoms. The minimum Gasteiger partial charge on any atom is -0.350 e. The Bertz CT molecular complexity index is 116. The third-order valence-electron chi connectivity index (χ3n) is 0.689. The van der Waals surface area contributed by atoms with Gasteiger partial charge >= 0.3 is 0 Å². The number of rotatable bonds is 2. The van der Waals surface area contributed by atoms with Gasteiger partial charge in [0.2, 0.25) is 0 Å². The van der Waals surface area contributed by atoms with Gasteiger partial charge in [0.25, 0.3) is 5.24 Å². The molecule has 0 aromatic rings. The number of carbonyl (C=O) groups is 2. The summed E-state index contributed by atoms with van der Waals surface area (Å²) in [6.07, 6.45) is 0.736. The Morgan fingerprint density at radius 3 is 2.67 bits per heavy atom. The smallest absolute Gasteiger partial charge is 0.279 e. The van der Waals surface area contributed by atoms with Gasteiger partial charge in [-0.15, -0.1) is 0 Å². The van der Waals surface area contributed by atoms with Gasteiger partial charge < -0.3 is 10.1 Å². The number of carbonyl (C=O) groups excluding carboxylic acids is 2. The second kappa shape index (κ2) is 4.38. The Morgan fingerprint density at radius 2 is 2.33 bits per heavy atom. The molecule has 52 valence electrons. The molecule has 0 aliphatic rings. The first-order chi connectivity index (χ1) is 4.20. The number of nitrogens with one attached hydrogen (secondary N) is 1. The van der Waals surface area contributed by atoms with Crippen LogP contribution in [0.25, 0.3) is 0 Å². The molecule has 0 spiro atoms.